The van der Waals surface area contributed by atoms with Crippen molar-refractivity contribution in [2.24, 2.45) is 5.92 Å². The SMILES string of the molecule is O=CO.O[C@@H]1CN(Cc2cc(C(F)(F)F)ccc2F)C[C@H]1Cc1cnccn1. The quantitative estimate of drug-likeness (QED) is 0.604. The van der Waals surface area contributed by atoms with Crippen LogP contribution in [0.4, 0.5) is 17.6 Å². The molecule has 1 aromatic heterocycles. The predicted octanol–water partition coefficient (Wildman–Crippen LogP) is 2.37. The highest BCUT2D eigenvalue weighted by Gasteiger charge is 2.34. The minimum Gasteiger partial charge on any atom is -0.483 e. The summed E-state index contributed by atoms with van der Waals surface area (Å²) < 4.78 is 52.2. The van der Waals surface area contributed by atoms with E-state index in [1.165, 1.54) is 0 Å². The molecule has 0 aliphatic carbocycles. The Morgan fingerprint density at radius 2 is 1.96 bits per heavy atom. The van der Waals surface area contributed by atoms with E-state index < -0.39 is 23.7 Å². The molecule has 28 heavy (non-hydrogen) atoms. The largest absolute Gasteiger partial charge is 0.483 e. The third-order valence-electron chi connectivity index (χ3n) is 4.34. The number of β-amino-alcohol motifs (C(OH)–C–C–N with tert-alkyl or cyclic N) is 1. The van der Waals surface area contributed by atoms with Gasteiger partial charge in [0, 0.05) is 49.7 Å². The zero-order chi connectivity index (χ0) is 20.7. The molecule has 3 rings (SSSR count). The van der Waals surface area contributed by atoms with Crippen LogP contribution in [0.15, 0.2) is 36.8 Å². The van der Waals surface area contributed by atoms with E-state index in [0.717, 1.165) is 23.9 Å². The average molecular weight is 401 g/mol. The summed E-state index contributed by atoms with van der Waals surface area (Å²) in [6.45, 7) is 0.498. The van der Waals surface area contributed by atoms with Crippen LogP contribution >= 0.6 is 0 Å². The maximum Gasteiger partial charge on any atom is 0.416 e. The van der Waals surface area contributed by atoms with Gasteiger partial charge in [-0.25, -0.2) is 4.39 Å². The Bertz CT molecular complexity index is 774. The van der Waals surface area contributed by atoms with E-state index >= 15 is 0 Å². The average Bonchev–Trinajstić information content (AvgIpc) is 2.96. The Kier molecular flexibility index (Phi) is 7.41. The topological polar surface area (TPSA) is 86.5 Å². The van der Waals surface area contributed by atoms with Crippen LogP contribution in [0.3, 0.4) is 0 Å². The summed E-state index contributed by atoms with van der Waals surface area (Å²) in [7, 11) is 0. The maximum absolute atomic E-state index is 13.9. The third kappa shape index (κ3) is 5.96. The molecular weight excluding hydrogens is 382 g/mol. The molecule has 1 aliphatic heterocycles. The van der Waals surface area contributed by atoms with E-state index in [1.54, 1.807) is 23.5 Å². The fourth-order valence-corrected chi connectivity index (χ4v) is 3.09. The van der Waals surface area contributed by atoms with E-state index in [4.69, 9.17) is 9.90 Å². The number of aromatic nitrogens is 2. The van der Waals surface area contributed by atoms with Crippen LogP contribution in [-0.2, 0) is 23.9 Å². The molecule has 2 aromatic rings. The lowest BCUT2D eigenvalue weighted by Gasteiger charge is -2.17. The Morgan fingerprint density at radius 1 is 1.25 bits per heavy atom. The highest BCUT2D eigenvalue weighted by Crippen LogP contribution is 2.31. The Hall–Kier alpha value is -2.59. The number of likely N-dealkylation sites (tertiary alicyclic amines) is 1. The fraction of sp³-hybridized carbons (Fsp3) is 0.389. The second-order valence-electron chi connectivity index (χ2n) is 6.33. The molecule has 0 amide bonds. The molecule has 0 bridgehead atoms. The van der Waals surface area contributed by atoms with Gasteiger partial charge in [0.05, 0.1) is 17.4 Å². The van der Waals surface area contributed by atoms with Crippen LogP contribution in [0.2, 0.25) is 0 Å². The lowest BCUT2D eigenvalue weighted by molar-refractivity contribution is -0.137. The summed E-state index contributed by atoms with van der Waals surface area (Å²) in [5, 5.41) is 17.1. The number of aliphatic hydroxyl groups is 1. The fourth-order valence-electron chi connectivity index (χ4n) is 3.09. The molecule has 1 aromatic carbocycles. The van der Waals surface area contributed by atoms with Crippen LogP contribution in [0.5, 0.6) is 0 Å². The molecule has 1 aliphatic rings. The highest BCUT2D eigenvalue weighted by molar-refractivity contribution is 5.32. The van der Waals surface area contributed by atoms with Gasteiger partial charge in [-0.15, -0.1) is 0 Å². The molecular formula is C18H19F4N3O3. The molecule has 0 unspecified atom stereocenters. The van der Waals surface area contributed by atoms with Gasteiger partial charge in [0.25, 0.3) is 6.47 Å². The number of nitrogens with zero attached hydrogens (tertiary/aromatic N) is 3. The number of rotatable bonds is 4. The molecule has 152 valence electrons. The molecule has 0 radical (unpaired) electrons. The number of halogens is 4. The van der Waals surface area contributed by atoms with Crippen molar-refractivity contribution in [1.82, 2.24) is 14.9 Å². The molecule has 2 atom stereocenters. The van der Waals surface area contributed by atoms with E-state index in [2.05, 4.69) is 9.97 Å². The minimum absolute atomic E-state index is 0.0176. The van der Waals surface area contributed by atoms with Gasteiger partial charge in [-0.2, -0.15) is 13.2 Å². The van der Waals surface area contributed by atoms with Gasteiger partial charge in [0.15, 0.2) is 0 Å². The first-order valence-electron chi connectivity index (χ1n) is 8.33. The second kappa shape index (κ2) is 9.56. The molecule has 0 saturated carbocycles. The van der Waals surface area contributed by atoms with Crippen molar-refractivity contribution in [2.45, 2.75) is 25.2 Å². The van der Waals surface area contributed by atoms with Gasteiger partial charge >= 0.3 is 6.18 Å². The maximum atomic E-state index is 13.9. The lowest BCUT2D eigenvalue weighted by Crippen LogP contribution is -2.22. The van der Waals surface area contributed by atoms with Crippen molar-refractivity contribution >= 4 is 6.47 Å². The number of hydrogen-bond acceptors (Lipinski definition) is 5. The van der Waals surface area contributed by atoms with E-state index in [1.807, 2.05) is 0 Å². The van der Waals surface area contributed by atoms with Crippen molar-refractivity contribution in [1.29, 1.82) is 0 Å². The van der Waals surface area contributed by atoms with Crippen molar-refractivity contribution < 1.29 is 32.6 Å². The number of carboxylic acid groups (broad SMARTS) is 1. The summed E-state index contributed by atoms with van der Waals surface area (Å²) >= 11 is 0. The van der Waals surface area contributed by atoms with Crippen LogP contribution in [0.25, 0.3) is 0 Å². The number of hydrogen-bond donors (Lipinski definition) is 2. The van der Waals surface area contributed by atoms with Crippen LogP contribution in [0, 0.1) is 11.7 Å². The molecule has 1 saturated heterocycles. The molecule has 0 spiro atoms. The third-order valence-corrected chi connectivity index (χ3v) is 4.34. The smallest absolute Gasteiger partial charge is 0.416 e. The van der Waals surface area contributed by atoms with E-state index in [0.29, 0.717) is 13.0 Å². The summed E-state index contributed by atoms with van der Waals surface area (Å²) in [5.41, 5.74) is -0.166. The summed E-state index contributed by atoms with van der Waals surface area (Å²) in [6, 6.07) is 2.40. The normalized spacial score (nSPS) is 19.8. The first kappa shape index (κ1) is 21.7. The van der Waals surface area contributed by atoms with Gasteiger partial charge in [0.2, 0.25) is 0 Å². The minimum atomic E-state index is -4.51. The van der Waals surface area contributed by atoms with Gasteiger partial charge in [-0.05, 0) is 24.6 Å². The number of aliphatic hydroxyl groups excluding tert-OH is 1. The van der Waals surface area contributed by atoms with Crippen LogP contribution in [-0.4, -0.2) is 50.7 Å². The summed E-state index contributed by atoms with van der Waals surface area (Å²) in [6.07, 6.45) is 0.0831. The van der Waals surface area contributed by atoms with Crippen molar-refractivity contribution in [3.63, 3.8) is 0 Å². The van der Waals surface area contributed by atoms with Gasteiger partial charge in [-0.1, -0.05) is 0 Å². The first-order valence-corrected chi connectivity index (χ1v) is 8.33. The Labute approximate surface area is 158 Å². The van der Waals surface area contributed by atoms with Crippen LogP contribution in [0.1, 0.15) is 16.8 Å². The Morgan fingerprint density at radius 3 is 2.57 bits per heavy atom. The predicted molar refractivity (Wildman–Crippen MR) is 90.6 cm³/mol. The van der Waals surface area contributed by atoms with Crippen molar-refractivity contribution in [3.05, 3.63) is 59.4 Å². The van der Waals surface area contributed by atoms with Crippen LogP contribution < -0.4 is 0 Å². The number of alkyl halides is 3. The number of benzene rings is 1. The zero-order valence-electron chi connectivity index (χ0n) is 14.7. The first-order chi connectivity index (χ1) is 13.2. The van der Waals surface area contributed by atoms with Crippen molar-refractivity contribution in [2.75, 3.05) is 13.1 Å². The summed E-state index contributed by atoms with van der Waals surface area (Å²) in [4.78, 5) is 18.2. The van der Waals surface area contributed by atoms with Gasteiger partial charge in [0.1, 0.15) is 5.82 Å². The second-order valence-corrected chi connectivity index (χ2v) is 6.33. The van der Waals surface area contributed by atoms with E-state index in [9.17, 15) is 22.7 Å². The Balaban J connectivity index is 0.000000878. The highest BCUT2D eigenvalue weighted by atomic mass is 19.4. The molecule has 2 N–H and O–H groups in total. The van der Waals surface area contributed by atoms with Gasteiger partial charge < -0.3 is 10.2 Å². The summed E-state index contributed by atoms with van der Waals surface area (Å²) in [5.74, 6) is -0.801. The van der Waals surface area contributed by atoms with E-state index in [-0.39, 0.29) is 31.0 Å². The van der Waals surface area contributed by atoms with Gasteiger partial charge in [-0.3, -0.25) is 19.7 Å². The standard InChI is InChI=1S/C17H17F4N3O.CH2O2/c18-15-2-1-13(17(19,20)21)5-11(15)8-24-9-12(16(25)10-24)6-14-7-22-3-4-23-14;2-1-3/h1-5,7,12,16,25H,6,8-10H2;1H,(H,2,3)/t12-,16-;/m1./s1. The molecule has 6 nitrogen and oxygen atoms in total. The lowest BCUT2D eigenvalue weighted by atomic mass is 10.0. The molecule has 1 fully saturated rings. The van der Waals surface area contributed by atoms with Crippen molar-refractivity contribution in [3.8, 4) is 0 Å². The zero-order valence-corrected chi connectivity index (χ0v) is 14.7. The monoisotopic (exact) mass is 401 g/mol. The molecule has 2 heterocycles. The molecule has 10 heteroatoms. The number of carbonyl (C=O) groups is 1.